The van der Waals surface area contributed by atoms with E-state index in [-0.39, 0.29) is 5.91 Å². The van der Waals surface area contributed by atoms with Gasteiger partial charge in [-0.15, -0.1) is 0 Å². The minimum absolute atomic E-state index is 0.0221. The Balaban J connectivity index is 2.02. The van der Waals surface area contributed by atoms with E-state index in [4.69, 9.17) is 27.6 Å². The van der Waals surface area contributed by atoms with Crippen LogP contribution in [0, 0.1) is 0 Å². The van der Waals surface area contributed by atoms with Crippen LogP contribution in [0.2, 0.25) is 10.0 Å². The number of amides is 1. The molecule has 0 radical (unpaired) electrons. The number of nitrogens with zero attached hydrogens (tertiary/aromatic N) is 2. The Morgan fingerprint density at radius 2 is 1.80 bits per heavy atom. The van der Waals surface area contributed by atoms with Crippen LogP contribution in [0.4, 0.5) is 0 Å². The van der Waals surface area contributed by atoms with E-state index in [1.165, 1.54) is 0 Å². The third-order valence-electron chi connectivity index (χ3n) is 3.92. The quantitative estimate of drug-likeness (QED) is 0.463. The monoisotopic (exact) mass is 440 g/mol. The summed E-state index contributed by atoms with van der Waals surface area (Å²) in [5.74, 6) is 0.380. The number of hydrogen-bond acceptors (Lipinski definition) is 3. The highest BCUT2D eigenvalue weighted by Crippen LogP contribution is 2.36. The van der Waals surface area contributed by atoms with E-state index in [2.05, 4.69) is 20.9 Å². The van der Waals surface area contributed by atoms with Gasteiger partial charge in [0.2, 0.25) is 5.89 Å². The standard InChI is InChI=1S/C18H15BrCl2N2O2/c1-3-23(4-2)18(24)10-5-6-15-14(9-10)22-17(25-15)11-7-12(20)16(19)13(21)8-11/h5-9H,3-4H2,1-2H3. The lowest BCUT2D eigenvalue weighted by Crippen LogP contribution is -2.30. The topological polar surface area (TPSA) is 46.3 Å². The van der Waals surface area contributed by atoms with Crippen LogP contribution < -0.4 is 0 Å². The van der Waals surface area contributed by atoms with E-state index < -0.39 is 0 Å². The van der Waals surface area contributed by atoms with E-state index in [1.54, 1.807) is 35.2 Å². The summed E-state index contributed by atoms with van der Waals surface area (Å²) in [7, 11) is 0. The van der Waals surface area contributed by atoms with Crippen molar-refractivity contribution in [3.8, 4) is 11.5 Å². The molecule has 1 heterocycles. The highest BCUT2D eigenvalue weighted by molar-refractivity contribution is 9.10. The number of carbonyl (C=O) groups excluding carboxylic acids is 1. The maximum atomic E-state index is 12.5. The van der Waals surface area contributed by atoms with Crippen LogP contribution in [0.5, 0.6) is 0 Å². The van der Waals surface area contributed by atoms with Crippen molar-refractivity contribution < 1.29 is 9.21 Å². The predicted octanol–water partition coefficient (Wildman–Crippen LogP) is 6.05. The first-order valence-electron chi connectivity index (χ1n) is 7.79. The molecule has 0 fully saturated rings. The number of hydrogen-bond donors (Lipinski definition) is 0. The highest BCUT2D eigenvalue weighted by Gasteiger charge is 2.16. The molecule has 1 aromatic heterocycles. The van der Waals surface area contributed by atoms with Crippen molar-refractivity contribution in [1.82, 2.24) is 9.88 Å². The van der Waals surface area contributed by atoms with Gasteiger partial charge in [-0.05, 0) is 60.1 Å². The average Bonchev–Trinajstić information content (AvgIpc) is 3.03. The van der Waals surface area contributed by atoms with Crippen LogP contribution in [0.1, 0.15) is 24.2 Å². The number of benzene rings is 2. The predicted molar refractivity (Wildman–Crippen MR) is 104 cm³/mol. The van der Waals surface area contributed by atoms with Gasteiger partial charge in [-0.2, -0.15) is 0 Å². The molecule has 0 N–H and O–H groups in total. The van der Waals surface area contributed by atoms with Crippen molar-refractivity contribution in [2.75, 3.05) is 13.1 Å². The van der Waals surface area contributed by atoms with Gasteiger partial charge in [0.15, 0.2) is 5.58 Å². The molecule has 0 bridgehead atoms. The summed E-state index contributed by atoms with van der Waals surface area (Å²) in [6.45, 7) is 5.23. The fourth-order valence-corrected chi connectivity index (χ4v) is 3.27. The molecule has 3 rings (SSSR count). The first-order chi connectivity index (χ1) is 11.9. The van der Waals surface area contributed by atoms with Crippen molar-refractivity contribution >= 4 is 56.1 Å². The van der Waals surface area contributed by atoms with Crippen molar-refractivity contribution in [3.63, 3.8) is 0 Å². The number of fused-ring (bicyclic) bond motifs is 1. The fourth-order valence-electron chi connectivity index (χ4n) is 2.56. The molecule has 4 nitrogen and oxygen atoms in total. The van der Waals surface area contributed by atoms with E-state index in [0.717, 1.165) is 0 Å². The van der Waals surface area contributed by atoms with Gasteiger partial charge >= 0.3 is 0 Å². The Labute approximate surface area is 163 Å². The smallest absolute Gasteiger partial charge is 0.253 e. The largest absolute Gasteiger partial charge is 0.436 e. The van der Waals surface area contributed by atoms with E-state index in [9.17, 15) is 4.79 Å². The summed E-state index contributed by atoms with van der Waals surface area (Å²) < 4.78 is 6.41. The number of carbonyl (C=O) groups is 1. The first kappa shape index (κ1) is 18.2. The summed E-state index contributed by atoms with van der Waals surface area (Å²) in [6.07, 6.45) is 0. The van der Waals surface area contributed by atoms with Crippen molar-refractivity contribution in [2.24, 2.45) is 0 Å². The normalized spacial score (nSPS) is 11.1. The fraction of sp³-hybridized carbons (Fsp3) is 0.222. The Kier molecular flexibility index (Phi) is 5.37. The second-order valence-electron chi connectivity index (χ2n) is 5.43. The Morgan fingerprint density at radius 3 is 2.40 bits per heavy atom. The molecular formula is C18H15BrCl2N2O2. The summed E-state index contributed by atoms with van der Waals surface area (Å²) >= 11 is 15.6. The van der Waals surface area contributed by atoms with E-state index in [1.807, 2.05) is 13.8 Å². The lowest BCUT2D eigenvalue weighted by atomic mass is 10.2. The minimum Gasteiger partial charge on any atom is -0.436 e. The molecule has 0 saturated carbocycles. The minimum atomic E-state index is -0.0221. The zero-order valence-electron chi connectivity index (χ0n) is 13.6. The zero-order chi connectivity index (χ0) is 18.1. The van der Waals surface area contributed by atoms with Crippen molar-refractivity contribution in [1.29, 1.82) is 0 Å². The number of aromatic nitrogens is 1. The second-order valence-corrected chi connectivity index (χ2v) is 7.04. The van der Waals surface area contributed by atoms with Gasteiger partial charge in [-0.25, -0.2) is 4.98 Å². The number of rotatable bonds is 4. The highest BCUT2D eigenvalue weighted by atomic mass is 79.9. The molecule has 0 atom stereocenters. The van der Waals surface area contributed by atoms with Gasteiger partial charge in [-0.3, -0.25) is 4.79 Å². The van der Waals surface area contributed by atoms with Crippen molar-refractivity contribution in [3.05, 3.63) is 50.4 Å². The molecule has 0 aliphatic carbocycles. The third kappa shape index (κ3) is 3.54. The van der Waals surface area contributed by atoms with Crippen molar-refractivity contribution in [2.45, 2.75) is 13.8 Å². The van der Waals surface area contributed by atoms with Gasteiger partial charge < -0.3 is 9.32 Å². The van der Waals surface area contributed by atoms with E-state index in [0.29, 0.717) is 55.7 Å². The summed E-state index contributed by atoms with van der Waals surface area (Å²) in [4.78, 5) is 18.7. The van der Waals surface area contributed by atoms with Crippen LogP contribution in [0.25, 0.3) is 22.6 Å². The molecule has 7 heteroatoms. The Hall–Kier alpha value is -1.56. The average molecular weight is 442 g/mol. The molecular weight excluding hydrogens is 427 g/mol. The maximum absolute atomic E-state index is 12.5. The van der Waals surface area contributed by atoms with Gasteiger partial charge in [0.05, 0.1) is 14.5 Å². The summed E-state index contributed by atoms with van der Waals surface area (Å²) in [5, 5.41) is 0.948. The van der Waals surface area contributed by atoms with Crippen LogP contribution in [0.15, 0.2) is 39.2 Å². The van der Waals surface area contributed by atoms with Crippen LogP contribution in [0.3, 0.4) is 0 Å². The Bertz CT molecular complexity index is 928. The summed E-state index contributed by atoms with van der Waals surface area (Å²) in [6, 6.07) is 8.70. The van der Waals surface area contributed by atoms with Gasteiger partial charge in [0.25, 0.3) is 5.91 Å². The lowest BCUT2D eigenvalue weighted by molar-refractivity contribution is 0.0773. The van der Waals surface area contributed by atoms with Gasteiger partial charge in [0.1, 0.15) is 5.52 Å². The Morgan fingerprint density at radius 1 is 1.16 bits per heavy atom. The molecule has 2 aromatic carbocycles. The molecule has 1 amide bonds. The number of oxazole rings is 1. The molecule has 25 heavy (non-hydrogen) atoms. The van der Waals surface area contributed by atoms with Crippen LogP contribution in [-0.2, 0) is 0 Å². The number of halogens is 3. The van der Waals surface area contributed by atoms with Crippen LogP contribution >= 0.6 is 39.1 Å². The molecule has 0 saturated heterocycles. The first-order valence-corrected chi connectivity index (χ1v) is 9.34. The molecule has 3 aromatic rings. The molecule has 130 valence electrons. The second kappa shape index (κ2) is 7.36. The maximum Gasteiger partial charge on any atom is 0.253 e. The van der Waals surface area contributed by atoms with Gasteiger partial charge in [0, 0.05) is 24.2 Å². The lowest BCUT2D eigenvalue weighted by Gasteiger charge is -2.18. The molecule has 0 spiro atoms. The summed E-state index contributed by atoms with van der Waals surface area (Å²) in [5.41, 5.74) is 2.47. The molecule has 0 aliphatic heterocycles. The third-order valence-corrected chi connectivity index (χ3v) is 5.82. The SMILES string of the molecule is CCN(CC)C(=O)c1ccc2oc(-c3cc(Cl)c(Br)c(Cl)c3)nc2c1. The zero-order valence-corrected chi connectivity index (χ0v) is 16.7. The van der Waals surface area contributed by atoms with E-state index >= 15 is 0 Å². The van der Waals surface area contributed by atoms with Crippen LogP contribution in [-0.4, -0.2) is 28.9 Å². The molecule has 0 unspecified atom stereocenters. The molecule has 0 aliphatic rings. The van der Waals surface area contributed by atoms with Gasteiger partial charge in [-0.1, -0.05) is 23.2 Å².